The molecule has 0 saturated heterocycles. The molecule has 0 atom stereocenters. The van der Waals surface area contributed by atoms with E-state index in [2.05, 4.69) is 24.0 Å². The fraction of sp³-hybridized carbons (Fsp3) is 0.154. The van der Waals surface area contributed by atoms with Crippen LogP contribution in [0.15, 0.2) is 42.6 Å². The van der Waals surface area contributed by atoms with Gasteiger partial charge in [0.25, 0.3) is 0 Å². The molecule has 2 N–H and O–H groups in total. The largest absolute Gasteiger partial charge is 0.325 e. The molecular weight excluding hydrogens is 184 g/mol. The molecule has 0 saturated carbocycles. The highest BCUT2D eigenvalue weighted by Gasteiger charge is 2.04. The molecular formula is C13H14N2. The van der Waals surface area contributed by atoms with E-state index >= 15 is 0 Å². The summed E-state index contributed by atoms with van der Waals surface area (Å²) in [6.07, 6.45) is 1.82. The summed E-state index contributed by atoms with van der Waals surface area (Å²) < 4.78 is 0. The molecule has 0 spiro atoms. The maximum atomic E-state index is 5.64. The second-order valence-corrected chi connectivity index (χ2v) is 3.50. The predicted octanol–water partition coefficient (Wildman–Crippen LogP) is 2.52. The van der Waals surface area contributed by atoms with Crippen LogP contribution in [0.4, 0.5) is 0 Å². The summed E-state index contributed by atoms with van der Waals surface area (Å²) in [5.41, 5.74) is 10.2. The molecule has 1 aromatic carbocycles. The first-order valence-corrected chi connectivity index (χ1v) is 5.03. The normalized spacial score (nSPS) is 10.3. The number of pyridine rings is 1. The SMILES string of the molecule is Cc1c(-c2ccccc2)ccnc1CN. The van der Waals surface area contributed by atoms with Gasteiger partial charge in [-0.25, -0.2) is 0 Å². The molecule has 0 amide bonds. The Morgan fingerprint density at radius 3 is 2.53 bits per heavy atom. The van der Waals surface area contributed by atoms with Crippen molar-refractivity contribution in [1.82, 2.24) is 4.98 Å². The maximum absolute atomic E-state index is 5.64. The van der Waals surface area contributed by atoms with Gasteiger partial charge in [-0.15, -0.1) is 0 Å². The van der Waals surface area contributed by atoms with Gasteiger partial charge in [0.1, 0.15) is 0 Å². The van der Waals surface area contributed by atoms with Crippen LogP contribution in [0.5, 0.6) is 0 Å². The first kappa shape index (κ1) is 9.87. The number of rotatable bonds is 2. The molecule has 0 radical (unpaired) electrons. The van der Waals surface area contributed by atoms with Crippen molar-refractivity contribution in [2.45, 2.75) is 13.5 Å². The van der Waals surface area contributed by atoms with Crippen LogP contribution in [-0.2, 0) is 6.54 Å². The van der Waals surface area contributed by atoms with E-state index in [4.69, 9.17) is 5.73 Å². The monoisotopic (exact) mass is 198 g/mol. The van der Waals surface area contributed by atoms with E-state index in [-0.39, 0.29) is 0 Å². The Bertz CT molecular complexity index is 449. The van der Waals surface area contributed by atoms with Gasteiger partial charge in [-0.3, -0.25) is 4.98 Å². The van der Waals surface area contributed by atoms with Gasteiger partial charge in [0.05, 0.1) is 5.69 Å². The average molecular weight is 198 g/mol. The fourth-order valence-corrected chi connectivity index (χ4v) is 1.72. The van der Waals surface area contributed by atoms with Crippen LogP contribution in [0.25, 0.3) is 11.1 Å². The fourth-order valence-electron chi connectivity index (χ4n) is 1.72. The predicted molar refractivity (Wildman–Crippen MR) is 62.3 cm³/mol. The summed E-state index contributed by atoms with van der Waals surface area (Å²) in [4.78, 5) is 4.26. The van der Waals surface area contributed by atoms with Crippen LogP contribution in [0.3, 0.4) is 0 Å². The van der Waals surface area contributed by atoms with Crippen molar-refractivity contribution in [3.63, 3.8) is 0 Å². The molecule has 0 fully saturated rings. The molecule has 76 valence electrons. The number of hydrogen-bond donors (Lipinski definition) is 1. The second-order valence-electron chi connectivity index (χ2n) is 3.50. The summed E-state index contributed by atoms with van der Waals surface area (Å²) in [6.45, 7) is 2.56. The minimum absolute atomic E-state index is 0.493. The number of aromatic nitrogens is 1. The average Bonchev–Trinajstić information content (AvgIpc) is 2.30. The summed E-state index contributed by atoms with van der Waals surface area (Å²) in [5.74, 6) is 0. The Morgan fingerprint density at radius 2 is 1.87 bits per heavy atom. The topological polar surface area (TPSA) is 38.9 Å². The van der Waals surface area contributed by atoms with Gasteiger partial charge in [0.2, 0.25) is 0 Å². The Morgan fingerprint density at radius 1 is 1.13 bits per heavy atom. The van der Waals surface area contributed by atoms with E-state index in [1.165, 1.54) is 16.7 Å². The molecule has 0 bridgehead atoms. The zero-order valence-electron chi connectivity index (χ0n) is 8.77. The lowest BCUT2D eigenvalue weighted by molar-refractivity contribution is 0.970. The van der Waals surface area contributed by atoms with E-state index in [0.29, 0.717) is 6.54 Å². The molecule has 1 heterocycles. The van der Waals surface area contributed by atoms with Crippen LogP contribution < -0.4 is 5.73 Å². The molecule has 0 aliphatic rings. The van der Waals surface area contributed by atoms with E-state index < -0.39 is 0 Å². The molecule has 0 aliphatic heterocycles. The highest BCUT2D eigenvalue weighted by atomic mass is 14.7. The van der Waals surface area contributed by atoms with Crippen LogP contribution >= 0.6 is 0 Å². The number of hydrogen-bond acceptors (Lipinski definition) is 2. The smallest absolute Gasteiger partial charge is 0.0574 e. The van der Waals surface area contributed by atoms with Crippen molar-refractivity contribution in [2.24, 2.45) is 5.73 Å². The molecule has 2 nitrogen and oxygen atoms in total. The quantitative estimate of drug-likeness (QED) is 0.805. The third kappa shape index (κ3) is 1.90. The summed E-state index contributed by atoms with van der Waals surface area (Å²) in [7, 11) is 0. The minimum Gasteiger partial charge on any atom is -0.325 e. The molecule has 0 unspecified atom stereocenters. The third-order valence-corrected chi connectivity index (χ3v) is 2.59. The van der Waals surface area contributed by atoms with Crippen molar-refractivity contribution >= 4 is 0 Å². The highest BCUT2D eigenvalue weighted by molar-refractivity contribution is 5.67. The number of nitrogens with zero attached hydrogens (tertiary/aromatic N) is 1. The van der Waals surface area contributed by atoms with Gasteiger partial charge in [-0.1, -0.05) is 30.3 Å². The number of nitrogens with two attached hydrogens (primary N) is 1. The van der Waals surface area contributed by atoms with E-state index in [9.17, 15) is 0 Å². The molecule has 15 heavy (non-hydrogen) atoms. The lowest BCUT2D eigenvalue weighted by Crippen LogP contribution is -2.03. The van der Waals surface area contributed by atoms with E-state index in [1.807, 2.05) is 30.5 Å². The van der Waals surface area contributed by atoms with Crippen molar-refractivity contribution in [3.05, 3.63) is 53.9 Å². The lowest BCUT2D eigenvalue weighted by Gasteiger charge is -2.08. The van der Waals surface area contributed by atoms with Crippen molar-refractivity contribution in [1.29, 1.82) is 0 Å². The van der Waals surface area contributed by atoms with Gasteiger partial charge < -0.3 is 5.73 Å². The van der Waals surface area contributed by atoms with Gasteiger partial charge in [0, 0.05) is 12.7 Å². The highest BCUT2D eigenvalue weighted by Crippen LogP contribution is 2.23. The van der Waals surface area contributed by atoms with E-state index in [0.717, 1.165) is 5.69 Å². The Kier molecular flexibility index (Phi) is 2.79. The Labute approximate surface area is 89.8 Å². The molecule has 2 aromatic rings. The van der Waals surface area contributed by atoms with Crippen molar-refractivity contribution in [2.75, 3.05) is 0 Å². The van der Waals surface area contributed by atoms with Crippen molar-refractivity contribution in [3.8, 4) is 11.1 Å². The van der Waals surface area contributed by atoms with E-state index in [1.54, 1.807) is 0 Å². The molecule has 0 aliphatic carbocycles. The zero-order valence-corrected chi connectivity index (χ0v) is 8.77. The van der Waals surface area contributed by atoms with Crippen LogP contribution in [-0.4, -0.2) is 4.98 Å². The summed E-state index contributed by atoms with van der Waals surface area (Å²) in [6, 6.07) is 12.3. The van der Waals surface area contributed by atoms with Gasteiger partial charge in [-0.2, -0.15) is 0 Å². The molecule has 2 heteroatoms. The number of benzene rings is 1. The lowest BCUT2D eigenvalue weighted by atomic mass is 10.0. The first-order valence-electron chi connectivity index (χ1n) is 5.03. The zero-order chi connectivity index (χ0) is 10.7. The maximum Gasteiger partial charge on any atom is 0.0574 e. The van der Waals surface area contributed by atoms with Crippen LogP contribution in [0.2, 0.25) is 0 Å². The van der Waals surface area contributed by atoms with Gasteiger partial charge >= 0.3 is 0 Å². The standard InChI is InChI=1S/C13H14N2/c1-10-12(7-8-15-13(10)9-14)11-5-3-2-4-6-11/h2-8H,9,14H2,1H3. The Balaban J connectivity index is 2.54. The van der Waals surface area contributed by atoms with Gasteiger partial charge in [-0.05, 0) is 29.7 Å². The minimum atomic E-state index is 0.493. The van der Waals surface area contributed by atoms with Gasteiger partial charge in [0.15, 0.2) is 0 Å². The first-order chi connectivity index (χ1) is 7.33. The third-order valence-electron chi connectivity index (χ3n) is 2.59. The molecule has 2 rings (SSSR count). The summed E-state index contributed by atoms with van der Waals surface area (Å²) in [5, 5.41) is 0. The summed E-state index contributed by atoms with van der Waals surface area (Å²) >= 11 is 0. The second kappa shape index (κ2) is 4.24. The van der Waals surface area contributed by atoms with Crippen LogP contribution in [0, 0.1) is 6.92 Å². The van der Waals surface area contributed by atoms with Crippen molar-refractivity contribution < 1.29 is 0 Å². The Hall–Kier alpha value is -1.67. The molecule has 1 aromatic heterocycles. The van der Waals surface area contributed by atoms with Crippen LogP contribution in [0.1, 0.15) is 11.3 Å².